The average Bonchev–Trinajstić information content (AvgIpc) is 2.12. The second-order valence-corrected chi connectivity index (χ2v) is 6.88. The van der Waals surface area contributed by atoms with E-state index in [9.17, 15) is 4.79 Å². The van der Waals surface area contributed by atoms with Crippen LogP contribution in [0.3, 0.4) is 0 Å². The summed E-state index contributed by atoms with van der Waals surface area (Å²) < 4.78 is 0. The van der Waals surface area contributed by atoms with Crippen molar-refractivity contribution in [2.24, 2.45) is 11.3 Å². The summed E-state index contributed by atoms with van der Waals surface area (Å²) in [5.74, 6) is 0.827. The zero-order valence-electron chi connectivity index (χ0n) is 9.98. The van der Waals surface area contributed by atoms with Gasteiger partial charge in [-0.3, -0.25) is 4.79 Å². The largest absolute Gasteiger partial charge is 0.355 e. The molecule has 0 aromatic carbocycles. The average molecular weight is 276 g/mol. The van der Waals surface area contributed by atoms with Crippen molar-refractivity contribution in [3.05, 3.63) is 0 Å². The van der Waals surface area contributed by atoms with Crippen molar-refractivity contribution in [2.75, 3.05) is 6.54 Å². The number of carbonyl (C=O) groups excluding carboxylic acids is 1. The van der Waals surface area contributed by atoms with Crippen molar-refractivity contribution in [1.29, 1.82) is 0 Å². The molecular formula is C12H22BrNO. The van der Waals surface area contributed by atoms with Crippen LogP contribution in [0.5, 0.6) is 0 Å². The maximum atomic E-state index is 11.7. The van der Waals surface area contributed by atoms with Crippen LogP contribution in [-0.2, 0) is 4.79 Å². The lowest BCUT2D eigenvalue weighted by Gasteiger charge is -2.27. The van der Waals surface area contributed by atoms with Crippen molar-refractivity contribution in [2.45, 2.75) is 51.3 Å². The van der Waals surface area contributed by atoms with Gasteiger partial charge in [0.15, 0.2) is 0 Å². The van der Waals surface area contributed by atoms with E-state index in [4.69, 9.17) is 0 Å². The van der Waals surface area contributed by atoms with Gasteiger partial charge in [0.1, 0.15) is 0 Å². The van der Waals surface area contributed by atoms with Crippen LogP contribution in [0.2, 0.25) is 0 Å². The van der Waals surface area contributed by atoms with Crippen molar-refractivity contribution in [3.8, 4) is 0 Å². The summed E-state index contributed by atoms with van der Waals surface area (Å²) in [5, 5.41) is 3.05. The second-order valence-electron chi connectivity index (χ2n) is 5.59. The Morgan fingerprint density at radius 2 is 2.07 bits per heavy atom. The van der Waals surface area contributed by atoms with Gasteiger partial charge in [-0.2, -0.15) is 0 Å². The molecule has 0 spiro atoms. The summed E-state index contributed by atoms with van der Waals surface area (Å²) in [6, 6.07) is 0. The Kier molecular flexibility index (Phi) is 4.63. The first-order valence-electron chi connectivity index (χ1n) is 5.82. The highest BCUT2D eigenvalue weighted by Gasteiger charge is 2.24. The van der Waals surface area contributed by atoms with Crippen LogP contribution in [0.25, 0.3) is 0 Å². The maximum Gasteiger partial charge on any atom is 0.225 e. The molecule has 1 fully saturated rings. The quantitative estimate of drug-likeness (QED) is 0.771. The zero-order valence-corrected chi connectivity index (χ0v) is 11.6. The van der Waals surface area contributed by atoms with Gasteiger partial charge >= 0.3 is 0 Å². The molecule has 3 heteroatoms. The summed E-state index contributed by atoms with van der Waals surface area (Å²) in [6.45, 7) is 6.71. The van der Waals surface area contributed by atoms with Crippen LogP contribution >= 0.6 is 15.9 Å². The number of hydrogen-bond donors (Lipinski definition) is 1. The fraction of sp³-hybridized carbons (Fsp3) is 0.917. The topological polar surface area (TPSA) is 29.1 Å². The molecule has 0 bridgehead atoms. The first kappa shape index (κ1) is 13.0. The fourth-order valence-corrected chi connectivity index (χ4v) is 2.77. The third-order valence-electron chi connectivity index (χ3n) is 2.95. The minimum absolute atomic E-state index is 0.166. The Morgan fingerprint density at radius 1 is 1.40 bits per heavy atom. The number of hydrogen-bond acceptors (Lipinski definition) is 1. The number of amides is 1. The van der Waals surface area contributed by atoms with E-state index in [0.717, 1.165) is 6.54 Å². The molecule has 2 atom stereocenters. The van der Waals surface area contributed by atoms with Gasteiger partial charge in [0.25, 0.3) is 0 Å². The molecule has 0 aliphatic heterocycles. The third kappa shape index (κ3) is 4.54. The summed E-state index contributed by atoms with van der Waals surface area (Å²) in [5.41, 5.74) is -0.261. The molecule has 15 heavy (non-hydrogen) atoms. The highest BCUT2D eigenvalue weighted by Crippen LogP contribution is 2.28. The van der Waals surface area contributed by atoms with E-state index in [1.165, 1.54) is 25.7 Å². The van der Waals surface area contributed by atoms with Gasteiger partial charge in [-0.1, -0.05) is 43.1 Å². The zero-order chi connectivity index (χ0) is 11.5. The van der Waals surface area contributed by atoms with Gasteiger partial charge in [0.2, 0.25) is 5.91 Å². The summed E-state index contributed by atoms with van der Waals surface area (Å²) >= 11 is 3.66. The van der Waals surface area contributed by atoms with Crippen molar-refractivity contribution in [1.82, 2.24) is 5.32 Å². The molecule has 2 nitrogen and oxygen atoms in total. The molecule has 1 amide bonds. The Hall–Kier alpha value is -0.0500. The molecule has 1 saturated carbocycles. The lowest BCUT2D eigenvalue weighted by atomic mass is 9.88. The Bertz CT molecular complexity index is 222. The highest BCUT2D eigenvalue weighted by molar-refractivity contribution is 9.09. The van der Waals surface area contributed by atoms with Gasteiger partial charge in [-0.05, 0) is 25.2 Å². The van der Waals surface area contributed by atoms with E-state index in [-0.39, 0.29) is 11.3 Å². The molecule has 88 valence electrons. The van der Waals surface area contributed by atoms with E-state index in [2.05, 4.69) is 21.2 Å². The predicted molar refractivity (Wildman–Crippen MR) is 67.1 cm³/mol. The Morgan fingerprint density at radius 3 is 2.60 bits per heavy atom. The molecular weight excluding hydrogens is 254 g/mol. The molecule has 0 aromatic rings. The van der Waals surface area contributed by atoms with Gasteiger partial charge in [0, 0.05) is 16.8 Å². The number of rotatable bonds is 2. The maximum absolute atomic E-state index is 11.7. The van der Waals surface area contributed by atoms with Crippen LogP contribution in [0, 0.1) is 11.3 Å². The lowest BCUT2D eigenvalue weighted by molar-refractivity contribution is -0.128. The van der Waals surface area contributed by atoms with E-state index in [1.54, 1.807) is 0 Å². The molecule has 0 aromatic heterocycles. The Balaban J connectivity index is 2.28. The highest BCUT2D eigenvalue weighted by atomic mass is 79.9. The van der Waals surface area contributed by atoms with Crippen LogP contribution in [0.4, 0.5) is 0 Å². The van der Waals surface area contributed by atoms with Crippen molar-refractivity contribution in [3.63, 3.8) is 0 Å². The number of halogens is 1. The van der Waals surface area contributed by atoms with Crippen LogP contribution in [-0.4, -0.2) is 17.3 Å². The summed E-state index contributed by atoms with van der Waals surface area (Å²) in [6.07, 6.45) is 5.02. The van der Waals surface area contributed by atoms with Gasteiger partial charge in [-0.25, -0.2) is 0 Å². The fourth-order valence-electron chi connectivity index (χ4n) is 1.91. The lowest BCUT2D eigenvalue weighted by Crippen LogP contribution is -2.38. The number of carbonyl (C=O) groups is 1. The number of nitrogens with one attached hydrogen (secondary N) is 1. The first-order valence-corrected chi connectivity index (χ1v) is 6.73. The van der Waals surface area contributed by atoms with Crippen LogP contribution < -0.4 is 5.32 Å². The monoisotopic (exact) mass is 275 g/mol. The summed E-state index contributed by atoms with van der Waals surface area (Å²) in [7, 11) is 0. The molecule has 1 rings (SSSR count). The SMILES string of the molecule is CC(C)(C)C(=O)NCC1CCCC(Br)C1. The molecule has 0 heterocycles. The van der Waals surface area contributed by atoms with Crippen LogP contribution in [0.15, 0.2) is 0 Å². The minimum atomic E-state index is -0.261. The number of alkyl halides is 1. The van der Waals surface area contributed by atoms with Gasteiger partial charge < -0.3 is 5.32 Å². The second kappa shape index (κ2) is 5.33. The van der Waals surface area contributed by atoms with Gasteiger partial charge in [-0.15, -0.1) is 0 Å². The summed E-state index contributed by atoms with van der Waals surface area (Å²) in [4.78, 5) is 12.3. The van der Waals surface area contributed by atoms with E-state index in [0.29, 0.717) is 10.7 Å². The Labute approximate surface area is 101 Å². The third-order valence-corrected chi connectivity index (χ3v) is 3.78. The smallest absolute Gasteiger partial charge is 0.225 e. The molecule has 2 unspecified atom stereocenters. The van der Waals surface area contributed by atoms with Gasteiger partial charge in [0.05, 0.1) is 0 Å². The molecule has 0 radical (unpaired) electrons. The molecule has 1 N–H and O–H groups in total. The predicted octanol–water partition coefficient (Wildman–Crippen LogP) is 3.10. The van der Waals surface area contributed by atoms with Crippen molar-refractivity contribution >= 4 is 21.8 Å². The first-order chi connectivity index (χ1) is 6.89. The van der Waals surface area contributed by atoms with E-state index >= 15 is 0 Å². The van der Waals surface area contributed by atoms with Crippen LogP contribution in [0.1, 0.15) is 46.5 Å². The molecule has 0 saturated heterocycles. The minimum Gasteiger partial charge on any atom is -0.355 e. The van der Waals surface area contributed by atoms with E-state index in [1.807, 2.05) is 20.8 Å². The standard InChI is InChI=1S/C12H22BrNO/c1-12(2,3)11(15)14-8-9-5-4-6-10(13)7-9/h9-10H,4-8H2,1-3H3,(H,14,15). The normalized spacial score (nSPS) is 27.5. The van der Waals surface area contributed by atoms with E-state index < -0.39 is 0 Å². The van der Waals surface area contributed by atoms with Crippen molar-refractivity contribution < 1.29 is 4.79 Å². The molecule has 1 aliphatic carbocycles. The molecule has 1 aliphatic rings.